The molecule has 0 rings (SSSR count). The van der Waals surface area contributed by atoms with E-state index in [2.05, 4.69) is 12.2 Å². The highest BCUT2D eigenvalue weighted by Crippen LogP contribution is 1.79. The van der Waals surface area contributed by atoms with Gasteiger partial charge in [-0.1, -0.05) is 13.3 Å². The Labute approximate surface area is 52.7 Å². The highest BCUT2D eigenvalue weighted by molar-refractivity contribution is 6.04. The molecule has 0 aliphatic carbocycles. The molecule has 0 amide bonds. The van der Waals surface area contributed by atoms with Crippen molar-refractivity contribution in [2.75, 3.05) is 6.54 Å². The SMILES string of the molecule is Cl.[B]NCCCC. The topological polar surface area (TPSA) is 12.0 Å². The molecule has 0 atom stereocenters. The molecule has 42 valence electrons. The smallest absolute Gasteiger partial charge is 0.177 e. The minimum absolute atomic E-state index is 0. The number of hydrogen-bond acceptors (Lipinski definition) is 1. The van der Waals surface area contributed by atoms with Crippen molar-refractivity contribution in [3.05, 3.63) is 0 Å². The van der Waals surface area contributed by atoms with E-state index < -0.39 is 0 Å². The molecule has 1 nitrogen and oxygen atoms in total. The molecule has 7 heavy (non-hydrogen) atoms. The zero-order valence-corrected chi connectivity index (χ0v) is 5.42. The summed E-state index contributed by atoms with van der Waals surface area (Å²) in [6.07, 6.45) is 2.39. The van der Waals surface area contributed by atoms with Crippen molar-refractivity contribution in [1.29, 1.82) is 0 Å². The van der Waals surface area contributed by atoms with Gasteiger partial charge in [0.1, 0.15) is 0 Å². The first-order valence-corrected chi connectivity index (χ1v) is 2.35. The van der Waals surface area contributed by atoms with E-state index in [1.165, 1.54) is 12.8 Å². The molecule has 0 saturated heterocycles. The number of halogens is 1. The lowest BCUT2D eigenvalue weighted by Crippen LogP contribution is -2.08. The number of unbranched alkanes of at least 4 members (excludes halogenated alkanes) is 1. The van der Waals surface area contributed by atoms with Gasteiger partial charge in [-0.3, -0.25) is 0 Å². The van der Waals surface area contributed by atoms with Crippen LogP contribution in [0.25, 0.3) is 0 Å². The molecule has 0 aliphatic heterocycles. The molecule has 0 aromatic carbocycles. The van der Waals surface area contributed by atoms with E-state index in [1.54, 1.807) is 0 Å². The van der Waals surface area contributed by atoms with Gasteiger partial charge in [-0.2, -0.15) is 0 Å². The van der Waals surface area contributed by atoms with Crippen LogP contribution in [0, 0.1) is 0 Å². The van der Waals surface area contributed by atoms with Gasteiger partial charge in [0.2, 0.25) is 0 Å². The van der Waals surface area contributed by atoms with Crippen LogP contribution in [0.2, 0.25) is 0 Å². The molecule has 0 bridgehead atoms. The molecule has 0 unspecified atom stereocenters. The van der Waals surface area contributed by atoms with Crippen molar-refractivity contribution in [2.45, 2.75) is 19.8 Å². The Balaban J connectivity index is 0. The van der Waals surface area contributed by atoms with Gasteiger partial charge in [-0.15, -0.1) is 12.4 Å². The van der Waals surface area contributed by atoms with E-state index in [1.807, 2.05) is 0 Å². The molecule has 0 heterocycles. The normalized spacial score (nSPS) is 7.57. The third-order valence-corrected chi connectivity index (χ3v) is 0.675. The fraction of sp³-hybridized carbons (Fsp3) is 1.00. The molecule has 3 heteroatoms. The lowest BCUT2D eigenvalue weighted by atomic mass is 10.3. The average Bonchev–Trinajstić information content (AvgIpc) is 1.61. The summed E-state index contributed by atoms with van der Waals surface area (Å²) in [5, 5.41) is 2.57. The minimum atomic E-state index is 0. The maximum Gasteiger partial charge on any atom is 0.177 e. The number of nitrogens with one attached hydrogen (secondary N) is 1. The second-order valence-electron chi connectivity index (χ2n) is 1.31. The van der Waals surface area contributed by atoms with E-state index in [9.17, 15) is 0 Å². The van der Waals surface area contributed by atoms with Crippen molar-refractivity contribution in [2.24, 2.45) is 0 Å². The van der Waals surface area contributed by atoms with Gasteiger partial charge >= 0.3 is 0 Å². The fourth-order valence-corrected chi connectivity index (χ4v) is 0.279. The monoisotopic (exact) mass is 119 g/mol. The van der Waals surface area contributed by atoms with Crippen molar-refractivity contribution < 1.29 is 0 Å². The van der Waals surface area contributed by atoms with Crippen LogP contribution in [0.15, 0.2) is 0 Å². The quantitative estimate of drug-likeness (QED) is 0.430. The van der Waals surface area contributed by atoms with Crippen LogP contribution in [0.5, 0.6) is 0 Å². The van der Waals surface area contributed by atoms with Gasteiger partial charge in [0.05, 0.1) is 0 Å². The highest BCUT2D eigenvalue weighted by atomic mass is 35.5. The maximum absolute atomic E-state index is 4.96. The van der Waals surface area contributed by atoms with E-state index in [4.69, 9.17) is 7.98 Å². The van der Waals surface area contributed by atoms with Crippen molar-refractivity contribution in [3.63, 3.8) is 0 Å². The fourth-order valence-electron chi connectivity index (χ4n) is 0.279. The molecule has 2 radical (unpaired) electrons. The molecule has 1 N–H and O–H groups in total. The van der Waals surface area contributed by atoms with Crippen LogP contribution in [0.4, 0.5) is 0 Å². The summed E-state index contributed by atoms with van der Waals surface area (Å²) in [4.78, 5) is 0. The number of hydrogen-bond donors (Lipinski definition) is 1. The summed E-state index contributed by atoms with van der Waals surface area (Å²) in [5.41, 5.74) is 0. The second kappa shape index (κ2) is 9.58. The van der Waals surface area contributed by atoms with E-state index in [0.29, 0.717) is 0 Å². The summed E-state index contributed by atoms with van der Waals surface area (Å²) >= 11 is 0. The van der Waals surface area contributed by atoms with Gasteiger partial charge in [-0.25, -0.2) is 0 Å². The average molecular weight is 119 g/mol. The van der Waals surface area contributed by atoms with Gasteiger partial charge in [0.25, 0.3) is 0 Å². The Morgan fingerprint density at radius 1 is 1.57 bits per heavy atom. The third-order valence-electron chi connectivity index (χ3n) is 0.675. The largest absolute Gasteiger partial charge is 0.366 e. The van der Waals surface area contributed by atoms with Crippen LogP contribution >= 0.6 is 12.4 Å². The second-order valence-corrected chi connectivity index (χ2v) is 1.31. The summed E-state index contributed by atoms with van der Waals surface area (Å²) in [6.45, 7) is 3.08. The molecule has 0 spiro atoms. The first kappa shape index (κ1) is 10.3. The zero-order valence-electron chi connectivity index (χ0n) is 4.61. The maximum atomic E-state index is 4.96. The van der Waals surface area contributed by atoms with E-state index in [0.717, 1.165) is 6.54 Å². The van der Waals surface area contributed by atoms with Crippen LogP contribution in [0.3, 0.4) is 0 Å². The summed E-state index contributed by atoms with van der Waals surface area (Å²) in [7, 11) is 4.96. The van der Waals surface area contributed by atoms with Crippen molar-refractivity contribution in [3.8, 4) is 0 Å². The Morgan fingerprint density at radius 2 is 2.14 bits per heavy atom. The Kier molecular flexibility index (Phi) is 14.1. The third kappa shape index (κ3) is 10.7. The summed E-state index contributed by atoms with van der Waals surface area (Å²) < 4.78 is 0. The highest BCUT2D eigenvalue weighted by Gasteiger charge is 1.73. The van der Waals surface area contributed by atoms with Gasteiger partial charge in [0, 0.05) is 0 Å². The number of rotatable bonds is 3. The van der Waals surface area contributed by atoms with Crippen LogP contribution in [-0.2, 0) is 0 Å². The van der Waals surface area contributed by atoms with Crippen LogP contribution in [0.1, 0.15) is 19.8 Å². The lowest BCUT2D eigenvalue weighted by Gasteiger charge is -1.90. The first-order chi connectivity index (χ1) is 2.91. The predicted molar refractivity (Wildman–Crippen MR) is 35.9 cm³/mol. The van der Waals surface area contributed by atoms with E-state index in [-0.39, 0.29) is 12.4 Å². The molecule has 0 saturated carbocycles. The summed E-state index contributed by atoms with van der Waals surface area (Å²) in [6, 6.07) is 0. The van der Waals surface area contributed by atoms with E-state index >= 15 is 0 Å². The Hall–Kier alpha value is 0.315. The Morgan fingerprint density at radius 3 is 2.29 bits per heavy atom. The minimum Gasteiger partial charge on any atom is -0.366 e. The standard InChI is InChI=1S/C4H10BN.ClH/c1-2-3-4-6-5;/h6H,2-4H2,1H3;1H. The molecule has 0 aliphatic rings. The van der Waals surface area contributed by atoms with Gasteiger partial charge in [0.15, 0.2) is 7.98 Å². The van der Waals surface area contributed by atoms with Gasteiger partial charge < -0.3 is 5.23 Å². The summed E-state index contributed by atoms with van der Waals surface area (Å²) in [5.74, 6) is 0. The van der Waals surface area contributed by atoms with Crippen LogP contribution in [-0.4, -0.2) is 14.5 Å². The van der Waals surface area contributed by atoms with Gasteiger partial charge in [-0.05, 0) is 13.0 Å². The predicted octanol–water partition coefficient (Wildman–Crippen LogP) is 0.881. The molecular formula is C4H11BClN. The molecule has 0 aromatic rings. The Bertz CT molecular complexity index is 23.7. The molecular weight excluding hydrogens is 108 g/mol. The van der Waals surface area contributed by atoms with Crippen molar-refractivity contribution in [1.82, 2.24) is 5.23 Å². The zero-order chi connectivity index (χ0) is 4.83. The first-order valence-electron chi connectivity index (χ1n) is 2.35. The molecule has 0 fully saturated rings. The molecule has 0 aromatic heterocycles. The van der Waals surface area contributed by atoms with Crippen molar-refractivity contribution >= 4 is 20.4 Å². The van der Waals surface area contributed by atoms with Crippen LogP contribution < -0.4 is 5.23 Å². The lowest BCUT2D eigenvalue weighted by molar-refractivity contribution is 0.771.